The lowest BCUT2D eigenvalue weighted by molar-refractivity contribution is 0.370. The Kier molecular flexibility index (Phi) is 5.86. The number of rotatable bonds is 8. The van der Waals surface area contributed by atoms with Gasteiger partial charge in [0.1, 0.15) is 23.9 Å². The van der Waals surface area contributed by atoms with Crippen molar-refractivity contribution in [3.05, 3.63) is 59.9 Å². The Hall–Kier alpha value is -3.30. The second-order valence-corrected chi connectivity index (χ2v) is 5.57. The van der Waals surface area contributed by atoms with E-state index in [2.05, 4.69) is 26.4 Å². The number of hydrogen-bond acceptors (Lipinski definition) is 5. The highest BCUT2D eigenvalue weighted by Crippen LogP contribution is 2.19. The third-order valence-electron chi connectivity index (χ3n) is 3.75. The molecule has 0 amide bonds. The molecule has 0 saturated heterocycles. The maximum absolute atomic E-state index is 5.36. The summed E-state index contributed by atoms with van der Waals surface area (Å²) in [6, 6.07) is 15.5. The molecule has 0 bridgehead atoms. The number of methoxy groups -OCH3 is 1. The molecule has 3 aromatic rings. The van der Waals surface area contributed by atoms with Gasteiger partial charge in [0, 0.05) is 12.1 Å². The van der Waals surface area contributed by atoms with Gasteiger partial charge in [0.05, 0.1) is 13.7 Å². The maximum atomic E-state index is 5.36. The zero-order valence-corrected chi connectivity index (χ0v) is 14.5. The zero-order chi connectivity index (χ0) is 18.2. The molecule has 0 fully saturated rings. The number of nitrogens with zero attached hydrogens (tertiary/aromatic N) is 2. The van der Waals surface area contributed by atoms with Gasteiger partial charge in [-0.1, -0.05) is 18.1 Å². The molecule has 2 N–H and O–H groups in total. The van der Waals surface area contributed by atoms with Crippen molar-refractivity contribution in [2.75, 3.05) is 13.7 Å². The molecular formula is C20H20N4O2. The molecule has 0 spiro atoms. The van der Waals surface area contributed by atoms with Crippen LogP contribution in [0.15, 0.2) is 48.5 Å². The number of H-pyrrole nitrogens is 1. The first kappa shape index (κ1) is 17.5. The highest BCUT2D eigenvalue weighted by Gasteiger charge is 2.06. The van der Waals surface area contributed by atoms with Gasteiger partial charge in [-0.3, -0.25) is 5.10 Å². The minimum atomic E-state index is 0.277. The average molecular weight is 348 g/mol. The van der Waals surface area contributed by atoms with Crippen LogP contribution >= 0.6 is 0 Å². The van der Waals surface area contributed by atoms with Crippen LogP contribution in [0.3, 0.4) is 0 Å². The standard InChI is InChI=1S/C20H20N4O2/c1-3-12-26-18-8-4-15(5-9-18)13-21-14-19-22-20(24-23-19)16-6-10-17(25-2)11-7-16/h1,4-11,21H,12-14H2,2H3,(H,22,23,24). The van der Waals surface area contributed by atoms with Crippen LogP contribution in [0.5, 0.6) is 11.5 Å². The van der Waals surface area contributed by atoms with Crippen molar-refractivity contribution >= 4 is 0 Å². The lowest BCUT2D eigenvalue weighted by atomic mass is 10.2. The lowest BCUT2D eigenvalue weighted by Crippen LogP contribution is -2.13. The summed E-state index contributed by atoms with van der Waals surface area (Å²) in [5.41, 5.74) is 2.09. The van der Waals surface area contributed by atoms with E-state index in [-0.39, 0.29) is 6.61 Å². The minimum Gasteiger partial charge on any atom is -0.497 e. The molecule has 6 heteroatoms. The molecular weight excluding hydrogens is 328 g/mol. The first-order chi connectivity index (χ1) is 12.8. The summed E-state index contributed by atoms with van der Waals surface area (Å²) in [7, 11) is 1.64. The number of hydrogen-bond donors (Lipinski definition) is 2. The van der Waals surface area contributed by atoms with E-state index in [1.807, 2.05) is 48.5 Å². The molecule has 0 unspecified atom stereocenters. The van der Waals surface area contributed by atoms with Gasteiger partial charge in [0.15, 0.2) is 5.82 Å². The number of terminal acetylenes is 1. The Morgan fingerprint density at radius 3 is 2.46 bits per heavy atom. The van der Waals surface area contributed by atoms with Gasteiger partial charge in [0.25, 0.3) is 0 Å². The Bertz CT molecular complexity index is 864. The van der Waals surface area contributed by atoms with E-state index >= 15 is 0 Å². The number of nitrogens with one attached hydrogen (secondary N) is 2. The fourth-order valence-electron chi connectivity index (χ4n) is 2.40. The molecule has 0 aliphatic heterocycles. The van der Waals surface area contributed by atoms with Gasteiger partial charge in [-0.2, -0.15) is 5.10 Å². The van der Waals surface area contributed by atoms with Crippen LogP contribution in [0.25, 0.3) is 11.4 Å². The largest absolute Gasteiger partial charge is 0.497 e. The summed E-state index contributed by atoms with van der Waals surface area (Å²) >= 11 is 0. The van der Waals surface area contributed by atoms with E-state index in [1.54, 1.807) is 7.11 Å². The summed E-state index contributed by atoms with van der Waals surface area (Å²) in [5.74, 6) is 5.47. The van der Waals surface area contributed by atoms with Crippen molar-refractivity contribution in [2.24, 2.45) is 0 Å². The average Bonchev–Trinajstić information content (AvgIpc) is 3.16. The van der Waals surface area contributed by atoms with Crippen molar-refractivity contribution in [3.63, 3.8) is 0 Å². The molecule has 1 heterocycles. The third-order valence-corrected chi connectivity index (χ3v) is 3.75. The Morgan fingerprint density at radius 1 is 1.04 bits per heavy atom. The zero-order valence-electron chi connectivity index (χ0n) is 14.5. The van der Waals surface area contributed by atoms with Gasteiger partial charge >= 0.3 is 0 Å². The van der Waals surface area contributed by atoms with Crippen LogP contribution in [0.4, 0.5) is 0 Å². The van der Waals surface area contributed by atoms with Crippen LogP contribution in [0.1, 0.15) is 11.4 Å². The topological polar surface area (TPSA) is 72.1 Å². The number of aromatic nitrogens is 3. The monoisotopic (exact) mass is 348 g/mol. The van der Waals surface area contributed by atoms with Crippen molar-refractivity contribution in [1.82, 2.24) is 20.5 Å². The highest BCUT2D eigenvalue weighted by atomic mass is 16.5. The predicted molar refractivity (Wildman–Crippen MR) is 99.7 cm³/mol. The Balaban J connectivity index is 1.51. The highest BCUT2D eigenvalue weighted by molar-refractivity contribution is 5.55. The van der Waals surface area contributed by atoms with E-state index in [0.717, 1.165) is 28.5 Å². The molecule has 3 rings (SSSR count). The summed E-state index contributed by atoms with van der Waals surface area (Å²) < 4.78 is 10.5. The van der Waals surface area contributed by atoms with Crippen molar-refractivity contribution < 1.29 is 9.47 Å². The molecule has 0 aliphatic carbocycles. The molecule has 6 nitrogen and oxygen atoms in total. The van der Waals surface area contributed by atoms with E-state index in [4.69, 9.17) is 15.9 Å². The molecule has 0 radical (unpaired) electrons. The molecule has 132 valence electrons. The van der Waals surface area contributed by atoms with Crippen molar-refractivity contribution in [3.8, 4) is 35.2 Å². The van der Waals surface area contributed by atoms with Crippen LogP contribution in [0, 0.1) is 12.3 Å². The van der Waals surface area contributed by atoms with E-state index in [1.165, 1.54) is 0 Å². The smallest absolute Gasteiger partial charge is 0.181 e. The third kappa shape index (κ3) is 4.62. The number of benzene rings is 2. The van der Waals surface area contributed by atoms with Crippen molar-refractivity contribution in [2.45, 2.75) is 13.1 Å². The quantitative estimate of drug-likeness (QED) is 0.613. The van der Waals surface area contributed by atoms with E-state index < -0.39 is 0 Å². The molecule has 0 saturated carbocycles. The SMILES string of the molecule is C#CCOc1ccc(CNCc2nc(-c3ccc(OC)cc3)n[nH]2)cc1. The molecule has 1 aromatic heterocycles. The van der Waals surface area contributed by atoms with Gasteiger partial charge in [-0.15, -0.1) is 6.42 Å². The van der Waals surface area contributed by atoms with E-state index in [9.17, 15) is 0 Å². The normalized spacial score (nSPS) is 10.3. The fraction of sp³-hybridized carbons (Fsp3) is 0.200. The van der Waals surface area contributed by atoms with Crippen molar-refractivity contribution in [1.29, 1.82) is 0 Å². The fourth-order valence-corrected chi connectivity index (χ4v) is 2.40. The predicted octanol–water partition coefficient (Wildman–Crippen LogP) is 2.78. The number of ether oxygens (including phenoxy) is 2. The van der Waals surface area contributed by atoms with Crippen LogP contribution in [-0.4, -0.2) is 28.9 Å². The van der Waals surface area contributed by atoms with Gasteiger partial charge in [0.2, 0.25) is 0 Å². The minimum absolute atomic E-state index is 0.277. The second-order valence-electron chi connectivity index (χ2n) is 5.57. The first-order valence-corrected chi connectivity index (χ1v) is 8.20. The van der Waals surface area contributed by atoms with Crippen LogP contribution in [0.2, 0.25) is 0 Å². The Labute approximate surface area is 152 Å². The lowest BCUT2D eigenvalue weighted by Gasteiger charge is -2.05. The summed E-state index contributed by atoms with van der Waals surface area (Å²) in [6.45, 7) is 1.59. The van der Waals surface area contributed by atoms with E-state index in [0.29, 0.717) is 18.9 Å². The van der Waals surface area contributed by atoms with Gasteiger partial charge < -0.3 is 14.8 Å². The summed E-state index contributed by atoms with van der Waals surface area (Å²) in [5, 5.41) is 10.6. The van der Waals surface area contributed by atoms with Gasteiger partial charge in [-0.05, 0) is 42.0 Å². The summed E-state index contributed by atoms with van der Waals surface area (Å²) in [6.07, 6.45) is 5.17. The molecule has 26 heavy (non-hydrogen) atoms. The first-order valence-electron chi connectivity index (χ1n) is 8.20. The second kappa shape index (κ2) is 8.70. The van der Waals surface area contributed by atoms with Crippen LogP contribution < -0.4 is 14.8 Å². The molecule has 0 atom stereocenters. The Morgan fingerprint density at radius 2 is 1.77 bits per heavy atom. The van der Waals surface area contributed by atoms with Gasteiger partial charge in [-0.25, -0.2) is 4.98 Å². The number of aromatic amines is 1. The maximum Gasteiger partial charge on any atom is 0.181 e. The molecule has 2 aromatic carbocycles. The van der Waals surface area contributed by atoms with Crippen LogP contribution in [-0.2, 0) is 13.1 Å². The molecule has 0 aliphatic rings. The summed E-state index contributed by atoms with van der Waals surface area (Å²) in [4.78, 5) is 4.51.